The molecule has 0 saturated carbocycles. The number of carbonyl (C=O) groups is 3. The van der Waals surface area contributed by atoms with Crippen LogP contribution in [0.2, 0.25) is 0 Å². The van der Waals surface area contributed by atoms with Gasteiger partial charge in [0.05, 0.1) is 0 Å². The van der Waals surface area contributed by atoms with Gasteiger partial charge in [-0.3, -0.25) is 14.5 Å². The molecule has 1 amide bonds. The minimum atomic E-state index is -0.679. The highest BCUT2D eigenvalue weighted by Gasteiger charge is 2.54. The molecule has 5 rings (SSSR count). The largest absolute Gasteiger partial charge is 0.461 e. The second-order valence-corrected chi connectivity index (χ2v) is 10.0. The summed E-state index contributed by atoms with van der Waals surface area (Å²) in [5.74, 6) is -1.00. The van der Waals surface area contributed by atoms with Crippen LogP contribution < -0.4 is 5.32 Å². The van der Waals surface area contributed by atoms with Gasteiger partial charge in [0.1, 0.15) is 30.0 Å². The summed E-state index contributed by atoms with van der Waals surface area (Å²) < 4.78 is 15.2. The van der Waals surface area contributed by atoms with Gasteiger partial charge in [0.2, 0.25) is 5.13 Å². The number of esters is 2. The Bertz CT molecular complexity index is 1240. The van der Waals surface area contributed by atoms with Crippen molar-refractivity contribution in [3.05, 3.63) is 89.4 Å². The second-order valence-electron chi connectivity index (χ2n) is 8.12. The summed E-state index contributed by atoms with van der Waals surface area (Å²) >= 11 is 2.63. The van der Waals surface area contributed by atoms with E-state index in [1.807, 2.05) is 60.7 Å². The third kappa shape index (κ3) is 4.84. The highest BCUT2D eigenvalue weighted by Crippen LogP contribution is 2.42. The first-order chi connectivity index (χ1) is 17.5. The van der Waals surface area contributed by atoms with Gasteiger partial charge in [-0.2, -0.15) is 4.37 Å². The predicted molar refractivity (Wildman–Crippen MR) is 135 cm³/mol. The zero-order valence-electron chi connectivity index (χ0n) is 19.2. The standard InChI is InChI=1S/C25H22N4O5S2/c1-15(30)33-12-18-13-35-23-19(28-25-26-14-27-36-25)22(31)29(23)20(18)24(32)34-21(16-8-4-2-5-9-16)17-10-6-3-7-11-17/h2-11,14,19,21,23H,12-13H2,1H3,(H,26,27,28)/t19-,23-/m1/s1. The molecule has 0 bridgehead atoms. The van der Waals surface area contributed by atoms with Gasteiger partial charge < -0.3 is 14.8 Å². The molecule has 2 atom stereocenters. The maximum absolute atomic E-state index is 13.7. The van der Waals surface area contributed by atoms with Crippen molar-refractivity contribution in [3.63, 3.8) is 0 Å². The van der Waals surface area contributed by atoms with Crippen molar-refractivity contribution >= 4 is 46.3 Å². The summed E-state index contributed by atoms with van der Waals surface area (Å²) in [5, 5.41) is 3.29. The Morgan fingerprint density at radius 2 is 1.78 bits per heavy atom. The first kappa shape index (κ1) is 24.0. The molecule has 1 saturated heterocycles. The molecule has 36 heavy (non-hydrogen) atoms. The van der Waals surface area contributed by atoms with Crippen LogP contribution in [0, 0.1) is 0 Å². The van der Waals surface area contributed by atoms with Crippen molar-refractivity contribution < 1.29 is 23.9 Å². The van der Waals surface area contributed by atoms with E-state index < -0.39 is 24.1 Å². The number of ether oxygens (including phenoxy) is 2. The van der Waals surface area contributed by atoms with Gasteiger partial charge in [-0.25, -0.2) is 9.78 Å². The van der Waals surface area contributed by atoms with Crippen LogP contribution in [0.15, 0.2) is 78.3 Å². The van der Waals surface area contributed by atoms with Crippen LogP contribution in [0.1, 0.15) is 24.2 Å². The second kappa shape index (κ2) is 10.5. The Labute approximate surface area is 215 Å². The van der Waals surface area contributed by atoms with Gasteiger partial charge in [-0.15, -0.1) is 11.8 Å². The molecule has 0 radical (unpaired) electrons. The van der Waals surface area contributed by atoms with Crippen LogP contribution in [0.3, 0.4) is 0 Å². The molecule has 1 aromatic heterocycles. The highest BCUT2D eigenvalue weighted by atomic mass is 32.2. The molecule has 2 aromatic carbocycles. The minimum Gasteiger partial charge on any atom is -0.461 e. The lowest BCUT2D eigenvalue weighted by atomic mass is 10.0. The van der Waals surface area contributed by atoms with Crippen molar-refractivity contribution in [2.45, 2.75) is 24.4 Å². The molecule has 184 valence electrons. The van der Waals surface area contributed by atoms with Crippen molar-refractivity contribution in [1.82, 2.24) is 14.3 Å². The number of nitrogens with zero attached hydrogens (tertiary/aromatic N) is 3. The van der Waals surface area contributed by atoms with Gasteiger partial charge in [0.25, 0.3) is 5.91 Å². The third-order valence-corrected chi connectivity index (χ3v) is 7.70. The molecule has 0 aliphatic carbocycles. The van der Waals surface area contributed by atoms with Crippen molar-refractivity contribution in [2.24, 2.45) is 0 Å². The van der Waals surface area contributed by atoms with Crippen LogP contribution in [0.5, 0.6) is 0 Å². The molecule has 9 nitrogen and oxygen atoms in total. The number of rotatable bonds is 8. The van der Waals surface area contributed by atoms with E-state index in [0.29, 0.717) is 16.5 Å². The van der Waals surface area contributed by atoms with Gasteiger partial charge in [0.15, 0.2) is 6.10 Å². The Kier molecular flexibility index (Phi) is 7.01. The van der Waals surface area contributed by atoms with Crippen molar-refractivity contribution in [2.75, 3.05) is 17.7 Å². The molecular formula is C25H22N4O5S2. The number of fused-ring (bicyclic) bond motifs is 1. The summed E-state index contributed by atoms with van der Waals surface area (Å²) in [5.41, 5.74) is 2.24. The first-order valence-corrected chi connectivity index (χ1v) is 13.0. The third-order valence-electron chi connectivity index (χ3n) is 5.76. The average Bonchev–Trinajstić information content (AvgIpc) is 3.43. The van der Waals surface area contributed by atoms with E-state index in [0.717, 1.165) is 22.7 Å². The highest BCUT2D eigenvalue weighted by molar-refractivity contribution is 8.00. The van der Waals surface area contributed by atoms with Crippen LogP contribution in [-0.4, -0.2) is 55.9 Å². The first-order valence-electron chi connectivity index (χ1n) is 11.2. The lowest BCUT2D eigenvalue weighted by Gasteiger charge is -2.49. The summed E-state index contributed by atoms with van der Waals surface area (Å²) in [7, 11) is 0. The number of benzene rings is 2. The van der Waals surface area contributed by atoms with E-state index in [-0.39, 0.29) is 23.6 Å². The summed E-state index contributed by atoms with van der Waals surface area (Å²) in [6.07, 6.45) is 0.733. The van der Waals surface area contributed by atoms with E-state index in [2.05, 4.69) is 14.7 Å². The predicted octanol–water partition coefficient (Wildman–Crippen LogP) is 3.38. The number of thioether (sulfide) groups is 1. The van der Waals surface area contributed by atoms with E-state index in [1.165, 1.54) is 29.9 Å². The molecule has 0 unspecified atom stereocenters. The maximum Gasteiger partial charge on any atom is 0.356 e. The van der Waals surface area contributed by atoms with Gasteiger partial charge in [0, 0.05) is 29.8 Å². The smallest absolute Gasteiger partial charge is 0.356 e. The Morgan fingerprint density at radius 1 is 1.11 bits per heavy atom. The van der Waals surface area contributed by atoms with Crippen LogP contribution in [0.4, 0.5) is 5.13 Å². The topological polar surface area (TPSA) is 111 Å². The molecule has 3 aromatic rings. The van der Waals surface area contributed by atoms with Gasteiger partial charge in [-0.1, -0.05) is 60.7 Å². The van der Waals surface area contributed by atoms with Crippen LogP contribution in [0.25, 0.3) is 0 Å². The number of anilines is 1. The Balaban J connectivity index is 1.45. The van der Waals surface area contributed by atoms with E-state index >= 15 is 0 Å². The summed E-state index contributed by atoms with van der Waals surface area (Å²) in [4.78, 5) is 43.9. The van der Waals surface area contributed by atoms with Crippen molar-refractivity contribution in [3.8, 4) is 0 Å². The van der Waals surface area contributed by atoms with Gasteiger partial charge >= 0.3 is 11.9 Å². The molecule has 0 spiro atoms. The molecule has 11 heteroatoms. The minimum absolute atomic E-state index is 0.0981. The fourth-order valence-electron chi connectivity index (χ4n) is 4.09. The lowest BCUT2D eigenvalue weighted by Crippen LogP contribution is -2.67. The fraction of sp³-hybridized carbons (Fsp3) is 0.240. The normalized spacial score (nSPS) is 18.9. The number of hydrogen-bond donors (Lipinski definition) is 1. The molecule has 1 N–H and O–H groups in total. The number of nitrogens with one attached hydrogen (secondary N) is 1. The molecule has 1 fully saturated rings. The van der Waals surface area contributed by atoms with Gasteiger partial charge in [-0.05, 0) is 11.1 Å². The Hall–Kier alpha value is -3.70. The maximum atomic E-state index is 13.7. The zero-order chi connectivity index (χ0) is 25.1. The van der Waals surface area contributed by atoms with E-state index in [1.54, 1.807) is 0 Å². The van der Waals surface area contributed by atoms with Crippen LogP contribution in [-0.2, 0) is 23.9 Å². The number of amides is 1. The number of aromatic nitrogens is 2. The SMILES string of the molecule is CC(=O)OCC1=C(C(=O)OC(c2ccccc2)c2ccccc2)N2C(=O)[C@@H](Nc3ncns3)[C@H]2SC1. The number of hydrogen-bond acceptors (Lipinski definition) is 10. The van der Waals surface area contributed by atoms with Crippen LogP contribution >= 0.6 is 23.3 Å². The number of β-lactam (4-membered cyclic amide) rings is 1. The number of carbonyl (C=O) groups excluding carboxylic acids is 3. The fourth-order valence-corrected chi connectivity index (χ4v) is 5.88. The molecule has 2 aliphatic rings. The average molecular weight is 523 g/mol. The van der Waals surface area contributed by atoms with E-state index in [4.69, 9.17) is 9.47 Å². The van der Waals surface area contributed by atoms with E-state index in [9.17, 15) is 14.4 Å². The monoisotopic (exact) mass is 522 g/mol. The quantitative estimate of drug-likeness (QED) is 0.352. The molecule has 3 heterocycles. The van der Waals surface area contributed by atoms with Crippen molar-refractivity contribution in [1.29, 1.82) is 0 Å². The summed E-state index contributed by atoms with van der Waals surface area (Å²) in [6, 6.07) is 18.3. The molecular weight excluding hydrogens is 500 g/mol. The zero-order valence-corrected chi connectivity index (χ0v) is 20.8. The lowest BCUT2D eigenvalue weighted by molar-refractivity contribution is -0.152. The Morgan fingerprint density at radius 3 is 2.36 bits per heavy atom. The summed E-state index contributed by atoms with van der Waals surface area (Å²) in [6.45, 7) is 1.20. The molecule has 2 aliphatic heterocycles.